The molecule has 10 nitrogen and oxygen atoms in total. The lowest BCUT2D eigenvalue weighted by molar-refractivity contribution is -0.159. The van der Waals surface area contributed by atoms with E-state index in [9.17, 15) is 9.59 Å². The van der Waals surface area contributed by atoms with Crippen molar-refractivity contribution in [1.29, 1.82) is 0 Å². The molecule has 1 saturated heterocycles. The van der Waals surface area contributed by atoms with E-state index in [4.69, 9.17) is 10.6 Å². The largest absolute Gasteiger partial charge is 0.388 e. The number of carbonyl (C=O) groups excluding carboxylic acids is 2. The summed E-state index contributed by atoms with van der Waals surface area (Å²) in [7, 11) is 0. The minimum atomic E-state index is -0.320. The molecule has 0 unspecified atom stereocenters. The number of carbonyl (C=O) groups is 2. The van der Waals surface area contributed by atoms with Crippen LogP contribution in [-0.2, 0) is 4.79 Å². The molecule has 30 heavy (non-hydrogen) atoms. The molecule has 0 atom stereocenters. The number of nitrogens with zero attached hydrogens (tertiary/aromatic N) is 3. The number of rotatable bonds is 6. The molecule has 158 valence electrons. The summed E-state index contributed by atoms with van der Waals surface area (Å²) in [4.78, 5) is 44.5. The van der Waals surface area contributed by atoms with Crippen molar-refractivity contribution in [1.82, 2.24) is 30.3 Å². The highest BCUT2D eigenvalue weighted by Crippen LogP contribution is 2.25. The Kier molecular flexibility index (Phi) is 4.94. The number of hydrogen-bond donors (Lipinski definition) is 4. The van der Waals surface area contributed by atoms with Crippen LogP contribution in [0.1, 0.15) is 31.1 Å². The van der Waals surface area contributed by atoms with Crippen LogP contribution >= 0.6 is 0 Å². The van der Waals surface area contributed by atoms with Crippen LogP contribution in [0.15, 0.2) is 24.5 Å². The van der Waals surface area contributed by atoms with Crippen LogP contribution in [0.25, 0.3) is 22.6 Å². The van der Waals surface area contributed by atoms with E-state index in [0.717, 1.165) is 0 Å². The number of nitrogens with two attached hydrogens (primary N) is 1. The molecule has 5 N–H and O–H groups in total. The maximum Gasteiger partial charge on any atom is 0.255 e. The van der Waals surface area contributed by atoms with Crippen LogP contribution < -0.4 is 15.9 Å². The number of aromatic amines is 2. The van der Waals surface area contributed by atoms with Crippen LogP contribution in [0.4, 0.5) is 0 Å². The van der Waals surface area contributed by atoms with Crippen molar-refractivity contribution in [2.45, 2.75) is 20.8 Å². The highest BCUT2D eigenvalue weighted by molar-refractivity contribution is 6.04. The van der Waals surface area contributed by atoms with Crippen LogP contribution in [0.2, 0.25) is 0 Å². The number of H-pyrrole nitrogens is 2. The highest BCUT2D eigenvalue weighted by Gasteiger charge is 2.33. The van der Waals surface area contributed by atoms with E-state index < -0.39 is 0 Å². The van der Waals surface area contributed by atoms with Gasteiger partial charge in [-0.15, -0.1) is 5.06 Å². The van der Waals surface area contributed by atoms with Gasteiger partial charge in [-0.3, -0.25) is 9.59 Å². The van der Waals surface area contributed by atoms with Gasteiger partial charge in [-0.25, -0.2) is 9.97 Å². The zero-order chi connectivity index (χ0) is 21.5. The van der Waals surface area contributed by atoms with Gasteiger partial charge in [0, 0.05) is 31.9 Å². The van der Waals surface area contributed by atoms with Gasteiger partial charge >= 0.3 is 0 Å². The molecule has 10 heteroatoms. The summed E-state index contributed by atoms with van der Waals surface area (Å²) in [6, 6.07) is 3.59. The summed E-state index contributed by atoms with van der Waals surface area (Å²) in [5, 5.41) is 4.59. The molecule has 4 rings (SSSR count). The van der Waals surface area contributed by atoms with Gasteiger partial charge in [-0.1, -0.05) is 20.8 Å². The quantitative estimate of drug-likeness (QED) is 0.483. The Labute approximate surface area is 173 Å². The molecule has 3 aromatic heterocycles. The fraction of sp³-hybridized carbons (Fsp3) is 0.400. The zero-order valence-electron chi connectivity index (χ0n) is 17.2. The van der Waals surface area contributed by atoms with Crippen molar-refractivity contribution in [3.63, 3.8) is 0 Å². The summed E-state index contributed by atoms with van der Waals surface area (Å²) >= 11 is 0. The topological polar surface area (TPSA) is 142 Å². The Morgan fingerprint density at radius 2 is 2.10 bits per heavy atom. The van der Waals surface area contributed by atoms with Gasteiger partial charge in [0.25, 0.3) is 5.91 Å². The Morgan fingerprint density at radius 3 is 2.80 bits per heavy atom. The summed E-state index contributed by atoms with van der Waals surface area (Å²) in [5.74, 6) is -0.171. The zero-order valence-corrected chi connectivity index (χ0v) is 17.2. The molecule has 0 saturated carbocycles. The van der Waals surface area contributed by atoms with Gasteiger partial charge < -0.3 is 25.9 Å². The lowest BCUT2D eigenvalue weighted by Gasteiger charge is -2.35. The number of nitrogens with one attached hydrogen (secondary N) is 3. The van der Waals surface area contributed by atoms with Crippen LogP contribution in [0.5, 0.6) is 5.88 Å². The average Bonchev–Trinajstić information content (AvgIpc) is 3.27. The van der Waals surface area contributed by atoms with Crippen LogP contribution in [-0.4, -0.2) is 56.4 Å². The molecule has 1 aliphatic heterocycles. The molecule has 0 bridgehead atoms. The van der Waals surface area contributed by atoms with Gasteiger partial charge in [-0.05, 0) is 11.5 Å². The molecule has 2 amide bonds. The van der Waals surface area contributed by atoms with Gasteiger partial charge in [0.2, 0.25) is 11.8 Å². The van der Waals surface area contributed by atoms with E-state index in [1.165, 1.54) is 0 Å². The summed E-state index contributed by atoms with van der Waals surface area (Å²) in [6.07, 6.45) is 3.24. The highest BCUT2D eigenvalue weighted by atomic mass is 16.7. The van der Waals surface area contributed by atoms with Crippen molar-refractivity contribution >= 4 is 23.0 Å². The molecule has 0 radical (unpaired) electrons. The maximum absolute atomic E-state index is 12.6. The summed E-state index contributed by atoms with van der Waals surface area (Å²) < 4.78 is 0. The molecule has 0 spiro atoms. The van der Waals surface area contributed by atoms with E-state index in [-0.39, 0.29) is 23.1 Å². The molecule has 4 heterocycles. The second kappa shape index (κ2) is 7.45. The minimum Gasteiger partial charge on any atom is -0.388 e. The van der Waals surface area contributed by atoms with Gasteiger partial charge in [-0.2, -0.15) is 0 Å². The van der Waals surface area contributed by atoms with E-state index in [1.54, 1.807) is 23.5 Å². The Morgan fingerprint density at radius 1 is 1.33 bits per heavy atom. The van der Waals surface area contributed by atoms with Gasteiger partial charge in [0.05, 0.1) is 23.4 Å². The summed E-state index contributed by atoms with van der Waals surface area (Å²) in [6.45, 7) is 7.65. The SMILES string of the molecule is CC(C)(C)CNC(=O)c1c[nH]c2ncc(-c3ccc(ON4CC(C(N)=O)C4)[nH]3)nc12. The first kappa shape index (κ1) is 19.9. The molecule has 3 aromatic rings. The number of primary amides is 1. The van der Waals surface area contributed by atoms with Gasteiger partial charge in [0.1, 0.15) is 11.2 Å². The Bertz CT molecular complexity index is 1090. The lowest BCUT2D eigenvalue weighted by Crippen LogP contribution is -2.53. The summed E-state index contributed by atoms with van der Waals surface area (Å²) in [5.41, 5.74) is 8.03. The number of aromatic nitrogens is 4. The fourth-order valence-electron chi connectivity index (χ4n) is 3.04. The molecule has 0 aromatic carbocycles. The Balaban J connectivity index is 1.49. The van der Waals surface area contributed by atoms with Crippen molar-refractivity contribution in [3.8, 4) is 17.3 Å². The van der Waals surface area contributed by atoms with E-state index in [2.05, 4.69) is 46.0 Å². The standard InChI is InChI=1S/C20H25N7O3/c1-20(2,3)10-24-19(29)12-6-22-18-16(12)26-14(7-23-18)13-4-5-15(25-13)30-27-8-11(9-27)17(21)28/h4-7,11,25H,8-10H2,1-3H3,(H2,21,28)(H,22,23)(H,24,29). The third-order valence-corrected chi connectivity index (χ3v) is 4.82. The first-order valence-electron chi connectivity index (χ1n) is 9.73. The molecule has 1 fully saturated rings. The van der Waals surface area contributed by atoms with E-state index >= 15 is 0 Å². The molecular weight excluding hydrogens is 386 g/mol. The second-order valence-corrected chi connectivity index (χ2v) is 8.67. The monoisotopic (exact) mass is 411 g/mol. The second-order valence-electron chi connectivity index (χ2n) is 8.67. The number of hydrogen-bond acceptors (Lipinski definition) is 6. The lowest BCUT2D eigenvalue weighted by atomic mass is 9.97. The van der Waals surface area contributed by atoms with Crippen molar-refractivity contribution in [2.75, 3.05) is 19.6 Å². The average molecular weight is 411 g/mol. The van der Waals surface area contributed by atoms with E-state index in [1.807, 2.05) is 6.07 Å². The van der Waals surface area contributed by atoms with Crippen molar-refractivity contribution in [3.05, 3.63) is 30.1 Å². The molecule has 1 aliphatic rings. The minimum absolute atomic E-state index is 0.0207. The predicted octanol–water partition coefficient (Wildman–Crippen LogP) is 1.44. The predicted molar refractivity (Wildman–Crippen MR) is 110 cm³/mol. The first-order valence-corrected chi connectivity index (χ1v) is 9.73. The Hall–Kier alpha value is -3.40. The maximum atomic E-state index is 12.6. The normalized spacial score (nSPS) is 15.2. The molecule has 0 aliphatic carbocycles. The third-order valence-electron chi connectivity index (χ3n) is 4.82. The first-order chi connectivity index (χ1) is 14.2. The van der Waals surface area contributed by atoms with Crippen molar-refractivity contribution < 1.29 is 14.4 Å². The van der Waals surface area contributed by atoms with Crippen LogP contribution in [0, 0.1) is 11.3 Å². The molecular formula is C20H25N7O3. The van der Waals surface area contributed by atoms with Gasteiger partial charge in [0.15, 0.2) is 5.65 Å². The smallest absolute Gasteiger partial charge is 0.255 e. The fourth-order valence-corrected chi connectivity index (χ4v) is 3.04. The van der Waals surface area contributed by atoms with E-state index in [0.29, 0.717) is 53.6 Å². The number of amides is 2. The third kappa shape index (κ3) is 4.13. The van der Waals surface area contributed by atoms with Crippen molar-refractivity contribution in [2.24, 2.45) is 17.1 Å². The number of hydroxylamine groups is 2. The van der Waals surface area contributed by atoms with Crippen LogP contribution in [0.3, 0.4) is 0 Å². The number of fused-ring (bicyclic) bond motifs is 1.